The molecule has 156 valence electrons. The zero-order chi connectivity index (χ0) is 21.6. The van der Waals surface area contributed by atoms with Crippen LogP contribution in [0.3, 0.4) is 0 Å². The van der Waals surface area contributed by atoms with E-state index in [-0.39, 0.29) is 6.54 Å². The lowest BCUT2D eigenvalue weighted by atomic mass is 9.88. The molecule has 2 unspecified atom stereocenters. The van der Waals surface area contributed by atoms with Crippen LogP contribution in [0.2, 0.25) is 0 Å². The summed E-state index contributed by atoms with van der Waals surface area (Å²) in [5.74, 6) is -0.640. The molecular weight excluding hydrogens is 404 g/mol. The van der Waals surface area contributed by atoms with Crippen LogP contribution >= 0.6 is 11.3 Å². The minimum absolute atomic E-state index is 0.0330. The van der Waals surface area contributed by atoms with E-state index in [0.717, 1.165) is 22.4 Å². The minimum Gasteiger partial charge on any atom is -0.440 e. The molecule has 3 rings (SSSR count). The number of carbonyl (C=O) groups is 3. The first-order valence-electron chi connectivity index (χ1n) is 9.29. The summed E-state index contributed by atoms with van der Waals surface area (Å²) < 4.78 is 0. The second-order valence-corrected chi connectivity index (χ2v) is 7.82. The molecule has 1 aliphatic carbocycles. The molecule has 9 heteroatoms. The number of nitrogens with one attached hydrogen (secondary N) is 2. The fourth-order valence-electron chi connectivity index (χ4n) is 3.27. The van der Waals surface area contributed by atoms with Gasteiger partial charge in [-0.05, 0) is 23.3 Å². The van der Waals surface area contributed by atoms with Crippen molar-refractivity contribution in [3.8, 4) is 10.6 Å². The maximum absolute atomic E-state index is 12.6. The highest BCUT2D eigenvalue weighted by Crippen LogP contribution is 2.26. The zero-order valence-electron chi connectivity index (χ0n) is 16.1. The molecular formula is C21H23N4O4S+. The van der Waals surface area contributed by atoms with Crippen molar-refractivity contribution in [2.45, 2.75) is 18.1 Å². The number of aldehydes is 1. The Morgan fingerprint density at radius 3 is 2.73 bits per heavy atom. The number of nitrogens with two attached hydrogens (primary N) is 1. The highest BCUT2D eigenvalue weighted by atomic mass is 32.1. The van der Waals surface area contributed by atoms with Crippen LogP contribution in [0.15, 0.2) is 59.1 Å². The molecule has 30 heavy (non-hydrogen) atoms. The first-order chi connectivity index (χ1) is 14.5. The number of thiazole rings is 1. The van der Waals surface area contributed by atoms with Crippen LogP contribution in [-0.2, 0) is 19.9 Å². The summed E-state index contributed by atoms with van der Waals surface area (Å²) in [5, 5.41) is 15.8. The third kappa shape index (κ3) is 4.77. The molecule has 0 fully saturated rings. The lowest BCUT2D eigenvalue weighted by Crippen LogP contribution is -2.57. The molecule has 2 amide bonds. The van der Waals surface area contributed by atoms with Crippen molar-refractivity contribution < 1.29 is 19.5 Å². The summed E-state index contributed by atoms with van der Waals surface area (Å²) in [7, 11) is 0. The molecule has 0 bridgehead atoms. The number of rotatable bonds is 9. The average Bonchev–Trinajstić information content (AvgIpc) is 3.29. The summed E-state index contributed by atoms with van der Waals surface area (Å²) >= 11 is 1.50. The van der Waals surface area contributed by atoms with Crippen molar-refractivity contribution in [2.24, 2.45) is 5.73 Å². The maximum atomic E-state index is 12.6. The number of nitrogens with zero attached hydrogens (tertiary/aromatic N) is 1. The Morgan fingerprint density at radius 1 is 1.33 bits per heavy atom. The first-order valence-corrected chi connectivity index (χ1v) is 10.2. The molecule has 2 atom stereocenters. The Balaban J connectivity index is 1.79. The predicted octanol–water partition coefficient (Wildman–Crippen LogP) is 0.375. The third-order valence-corrected chi connectivity index (χ3v) is 5.75. The summed E-state index contributed by atoms with van der Waals surface area (Å²) in [6, 6.07) is 7.13. The van der Waals surface area contributed by atoms with Gasteiger partial charge in [0, 0.05) is 42.2 Å². The molecule has 1 heterocycles. The van der Waals surface area contributed by atoms with Gasteiger partial charge >= 0.3 is 0 Å². The molecule has 0 saturated carbocycles. The van der Waals surface area contributed by atoms with Gasteiger partial charge in [0.25, 0.3) is 5.91 Å². The van der Waals surface area contributed by atoms with Crippen molar-refractivity contribution in [3.63, 3.8) is 0 Å². The van der Waals surface area contributed by atoms with E-state index in [2.05, 4.69) is 15.6 Å². The maximum Gasteiger partial charge on any atom is 0.252 e. The SMILES string of the molecule is NC(CNCC1=C(C=O)C=CC([OH2+])C1)(C(=O)NC=O)c1ccc(-c2nccs2)cc1. The number of imide groups is 1. The Hall–Kier alpha value is -2.98. The third-order valence-electron chi connectivity index (χ3n) is 4.93. The highest BCUT2D eigenvalue weighted by Gasteiger charge is 2.36. The number of benzene rings is 1. The van der Waals surface area contributed by atoms with Gasteiger partial charge in [0.2, 0.25) is 6.41 Å². The number of allylic oxidation sites excluding steroid dienone is 2. The van der Waals surface area contributed by atoms with Crippen LogP contribution in [0.25, 0.3) is 10.6 Å². The lowest BCUT2D eigenvalue weighted by Gasteiger charge is -2.29. The standard InChI is InChI=1S/C21H22N4O4S/c22-21(20(29)25-13-27,12-23-10-16-9-18(28)6-3-15(16)11-26)17-4-1-14(2-5-17)19-24-7-8-30-19/h1-8,11,13,18,23,28H,9-10,12,22H2,(H,25,27,29)/p+1. The fraction of sp³-hybridized carbons (Fsp3) is 0.238. The van der Waals surface area contributed by atoms with E-state index in [1.54, 1.807) is 30.5 Å². The largest absolute Gasteiger partial charge is 0.440 e. The van der Waals surface area contributed by atoms with Crippen molar-refractivity contribution >= 4 is 29.9 Å². The van der Waals surface area contributed by atoms with Crippen LogP contribution in [0.1, 0.15) is 12.0 Å². The monoisotopic (exact) mass is 427 g/mol. The molecule has 0 aliphatic heterocycles. The average molecular weight is 428 g/mol. The zero-order valence-corrected chi connectivity index (χ0v) is 16.9. The van der Waals surface area contributed by atoms with Gasteiger partial charge < -0.3 is 16.2 Å². The summed E-state index contributed by atoms with van der Waals surface area (Å²) in [6.45, 7) is 0.337. The number of amides is 2. The molecule has 1 aromatic carbocycles. The van der Waals surface area contributed by atoms with E-state index in [0.29, 0.717) is 30.5 Å². The Labute approximate surface area is 177 Å². The van der Waals surface area contributed by atoms with Crippen LogP contribution in [0.5, 0.6) is 0 Å². The smallest absolute Gasteiger partial charge is 0.252 e. The van der Waals surface area contributed by atoms with Crippen molar-refractivity contribution in [1.82, 2.24) is 15.6 Å². The Kier molecular flexibility index (Phi) is 7.01. The molecule has 6 N–H and O–H groups in total. The molecule has 0 spiro atoms. The van der Waals surface area contributed by atoms with Crippen LogP contribution in [0.4, 0.5) is 0 Å². The lowest BCUT2D eigenvalue weighted by molar-refractivity contribution is -0.129. The highest BCUT2D eigenvalue weighted by molar-refractivity contribution is 7.13. The van der Waals surface area contributed by atoms with Crippen molar-refractivity contribution in [1.29, 1.82) is 0 Å². The van der Waals surface area contributed by atoms with Crippen LogP contribution < -0.4 is 16.4 Å². The van der Waals surface area contributed by atoms with E-state index in [1.165, 1.54) is 11.3 Å². The van der Waals surface area contributed by atoms with E-state index in [4.69, 9.17) is 10.8 Å². The second kappa shape index (κ2) is 9.68. The molecule has 0 saturated heterocycles. The van der Waals surface area contributed by atoms with Crippen LogP contribution in [0, 0.1) is 0 Å². The summed E-state index contributed by atoms with van der Waals surface area (Å²) in [5.41, 5.74) is 7.68. The Morgan fingerprint density at radius 2 is 2.10 bits per heavy atom. The van der Waals surface area contributed by atoms with Gasteiger partial charge in [0.1, 0.15) is 16.8 Å². The topological polar surface area (TPSA) is 137 Å². The van der Waals surface area contributed by atoms with Gasteiger partial charge in [-0.3, -0.25) is 19.7 Å². The molecule has 0 radical (unpaired) electrons. The molecule has 8 nitrogen and oxygen atoms in total. The normalized spacial score (nSPS) is 18.0. The first kappa shape index (κ1) is 21.7. The van der Waals surface area contributed by atoms with Gasteiger partial charge in [0.15, 0.2) is 6.10 Å². The van der Waals surface area contributed by atoms with E-state index in [9.17, 15) is 14.4 Å². The summed E-state index contributed by atoms with van der Waals surface area (Å²) in [4.78, 5) is 39.0. The Bertz CT molecular complexity index is 969. The van der Waals surface area contributed by atoms with Gasteiger partial charge in [-0.2, -0.15) is 0 Å². The fourth-order valence-corrected chi connectivity index (χ4v) is 3.91. The van der Waals surface area contributed by atoms with Gasteiger partial charge in [0.05, 0.1) is 0 Å². The van der Waals surface area contributed by atoms with Gasteiger partial charge in [-0.1, -0.05) is 24.3 Å². The van der Waals surface area contributed by atoms with E-state index >= 15 is 0 Å². The number of hydrogen-bond acceptors (Lipinski definition) is 7. The van der Waals surface area contributed by atoms with E-state index < -0.39 is 17.6 Å². The molecule has 1 aliphatic rings. The summed E-state index contributed by atoms with van der Waals surface area (Å²) in [6.07, 6.45) is 6.10. The van der Waals surface area contributed by atoms with Crippen LogP contribution in [-0.4, -0.2) is 47.9 Å². The second-order valence-electron chi connectivity index (χ2n) is 6.93. The molecule has 1 aromatic heterocycles. The van der Waals surface area contributed by atoms with Crippen molar-refractivity contribution in [2.75, 3.05) is 13.1 Å². The number of hydrogen-bond donors (Lipinski definition) is 3. The van der Waals surface area contributed by atoms with Gasteiger partial charge in [-0.25, -0.2) is 4.98 Å². The van der Waals surface area contributed by atoms with Gasteiger partial charge in [-0.15, -0.1) is 11.3 Å². The van der Waals surface area contributed by atoms with Crippen molar-refractivity contribution in [3.05, 3.63) is 64.7 Å². The molecule has 2 aromatic rings. The number of aromatic nitrogens is 1. The number of carbonyl (C=O) groups excluding carboxylic acids is 3. The van der Waals surface area contributed by atoms with E-state index in [1.807, 2.05) is 17.5 Å². The quantitative estimate of drug-likeness (QED) is 0.391. The minimum atomic E-state index is -1.50. The predicted molar refractivity (Wildman–Crippen MR) is 115 cm³/mol.